The van der Waals surface area contributed by atoms with Crippen LogP contribution in [0.2, 0.25) is 0 Å². The quantitative estimate of drug-likeness (QED) is 0.274. The summed E-state index contributed by atoms with van der Waals surface area (Å²) < 4.78 is 15.6. The van der Waals surface area contributed by atoms with Crippen LogP contribution in [0.15, 0.2) is 66.7 Å². The molecule has 7 nitrogen and oxygen atoms in total. The summed E-state index contributed by atoms with van der Waals surface area (Å²) >= 11 is 9.31. The van der Waals surface area contributed by atoms with E-state index in [0.29, 0.717) is 32.7 Å². The molecule has 0 aliphatic carbocycles. The molecule has 0 atom stereocenters. The lowest BCUT2D eigenvalue weighted by atomic mass is 10.1. The lowest BCUT2D eigenvalue weighted by Crippen LogP contribution is -2.11. The van der Waals surface area contributed by atoms with Crippen LogP contribution < -0.4 is 9.47 Å². The van der Waals surface area contributed by atoms with Gasteiger partial charge in [0.05, 0.1) is 51.2 Å². The van der Waals surface area contributed by atoms with Gasteiger partial charge in [-0.2, -0.15) is 15.8 Å². The molecule has 0 unspecified atom stereocenters. The van der Waals surface area contributed by atoms with Crippen LogP contribution in [0.4, 0.5) is 0 Å². The molecular formula is C28H30BBr3N3O4+. The van der Waals surface area contributed by atoms with E-state index in [2.05, 4.69) is 59.4 Å². The molecule has 3 aromatic rings. The van der Waals surface area contributed by atoms with Crippen molar-refractivity contribution in [2.45, 2.75) is 33.3 Å². The summed E-state index contributed by atoms with van der Waals surface area (Å²) in [4.78, 5) is 0. The van der Waals surface area contributed by atoms with Gasteiger partial charge in [-0.05, 0) is 47.0 Å². The third kappa shape index (κ3) is 16.5. The van der Waals surface area contributed by atoms with Gasteiger partial charge in [-0.25, -0.2) is 0 Å². The number of fused-ring (bicyclic) bond motifs is 1. The van der Waals surface area contributed by atoms with E-state index >= 15 is 0 Å². The monoisotopic (exact) mass is 720 g/mol. The van der Waals surface area contributed by atoms with Crippen LogP contribution in [0.25, 0.3) is 0 Å². The van der Waals surface area contributed by atoms with E-state index in [1.165, 1.54) is 0 Å². The Morgan fingerprint density at radius 3 is 1.95 bits per heavy atom. The molecule has 0 fully saturated rings. The molecule has 0 amide bonds. The lowest BCUT2D eigenvalue weighted by Gasteiger charge is -2.17. The van der Waals surface area contributed by atoms with Gasteiger partial charge in [0.2, 0.25) is 0 Å². The third-order valence-corrected chi connectivity index (χ3v) is 4.58. The molecule has 1 aliphatic heterocycles. The highest BCUT2D eigenvalue weighted by Gasteiger charge is 2.10. The van der Waals surface area contributed by atoms with E-state index < -0.39 is 0 Å². The fourth-order valence-corrected chi connectivity index (χ4v) is 2.94. The van der Waals surface area contributed by atoms with Gasteiger partial charge < -0.3 is 19.3 Å². The first kappa shape index (κ1) is 36.0. The summed E-state index contributed by atoms with van der Waals surface area (Å²) in [6.45, 7) is 0.908. The first-order valence-corrected chi connectivity index (χ1v) is 13.8. The van der Waals surface area contributed by atoms with E-state index in [9.17, 15) is 0 Å². The van der Waals surface area contributed by atoms with E-state index in [1.54, 1.807) is 25.3 Å². The van der Waals surface area contributed by atoms with E-state index in [0.717, 1.165) is 33.8 Å². The number of methoxy groups -OCH3 is 1. The smallest absolute Gasteiger partial charge is 0.508 e. The van der Waals surface area contributed by atoms with Crippen LogP contribution in [0.5, 0.6) is 17.2 Å². The van der Waals surface area contributed by atoms with Gasteiger partial charge in [-0.3, -0.25) is 0 Å². The molecule has 0 spiro atoms. The predicted octanol–water partition coefficient (Wildman–Crippen LogP) is 7.74. The van der Waals surface area contributed by atoms with Crippen LogP contribution in [-0.2, 0) is 30.6 Å². The molecule has 1 aliphatic rings. The maximum absolute atomic E-state index is 8.93. The minimum Gasteiger partial charge on any atom is -0.508 e. The normalized spacial score (nSPS) is 10.1. The summed E-state index contributed by atoms with van der Waals surface area (Å²) in [5.41, 5.74) is 3.88. The van der Waals surface area contributed by atoms with Crippen molar-refractivity contribution in [1.82, 2.24) is 0 Å². The Labute approximate surface area is 257 Å². The molecular weight excluding hydrogens is 693 g/mol. The zero-order valence-corrected chi connectivity index (χ0v) is 25.4. The van der Waals surface area contributed by atoms with Crippen LogP contribution in [0.1, 0.15) is 31.1 Å². The maximum atomic E-state index is 8.93. The number of halogens is 3. The predicted molar refractivity (Wildman–Crippen MR) is 166 cm³/mol. The molecule has 11 heteroatoms. The molecule has 0 saturated heterocycles. The number of hydrogen-bond acceptors (Lipinski definition) is 7. The Kier molecular flexibility index (Phi) is 20.2. The number of benzene rings is 3. The number of phenolic OH excluding ortho intramolecular Hbond substituents is 1. The van der Waals surface area contributed by atoms with Crippen molar-refractivity contribution in [2.24, 2.45) is 0 Å². The largest absolute Gasteiger partial charge is 1.00 e. The van der Waals surface area contributed by atoms with Crippen LogP contribution >= 0.6 is 47.3 Å². The lowest BCUT2D eigenvalue weighted by molar-refractivity contribution is -0.0164. The maximum Gasteiger partial charge on any atom is 1.00 e. The van der Waals surface area contributed by atoms with Gasteiger partial charge in [0.25, 0.3) is 0 Å². The standard InChI is InChI=1S/C10H9NO2.C9H9NO.C8H7NO.CH4.BBr3/c11-4-3-8-1-2-9-6-12-7-13-10(9)5-8;1-11-9-4-2-3-8(7-9)5-6-10;9-5-4-7-2-1-3-8(10)6-7;;2-1(3)4/h1-2,5H,3,6-7H2;2-4,7H,5H2,1H3;1-3,6,10H,4H2;1H4;/p+1. The fourth-order valence-electron chi connectivity index (χ4n) is 2.94. The van der Waals surface area contributed by atoms with Crippen molar-refractivity contribution in [3.63, 3.8) is 0 Å². The average Bonchev–Trinajstić information content (AvgIpc) is 2.90. The molecule has 0 bridgehead atoms. The molecule has 0 saturated carbocycles. The van der Waals surface area contributed by atoms with Gasteiger partial charge in [-0.1, -0.05) is 43.8 Å². The summed E-state index contributed by atoms with van der Waals surface area (Å²) in [6, 6.07) is 26.2. The molecule has 0 radical (unpaired) electrons. The highest BCUT2D eigenvalue weighted by molar-refractivity contribution is 9.69. The summed E-state index contributed by atoms with van der Waals surface area (Å²) in [5.74, 6) is 1.87. The first-order chi connectivity index (χ1) is 18.3. The van der Waals surface area contributed by atoms with Crippen LogP contribution in [0, 0.1) is 34.0 Å². The van der Waals surface area contributed by atoms with E-state index in [-0.39, 0.29) is 17.8 Å². The number of aromatic hydroxyl groups is 1. The minimum atomic E-state index is 0. The SMILES string of the molecule is BrB(Br)Br.C.COc1cccc(CC#N)c1.N#CCc1ccc2c(c1)OCOC2.N#CCc1cccc(O)c1.[H+]. The number of rotatable bonds is 4. The third-order valence-electron chi connectivity index (χ3n) is 4.58. The molecule has 4 rings (SSSR count). The topological polar surface area (TPSA) is 119 Å². The summed E-state index contributed by atoms with van der Waals surface area (Å²) in [5, 5.41) is 34.1. The summed E-state index contributed by atoms with van der Waals surface area (Å²) in [6.07, 6.45) is 1.23. The van der Waals surface area contributed by atoms with E-state index in [1.807, 2.05) is 54.6 Å². The number of nitriles is 3. The number of phenols is 1. The van der Waals surface area contributed by atoms with Crippen molar-refractivity contribution >= 4 is 50.5 Å². The zero-order chi connectivity index (χ0) is 28.2. The van der Waals surface area contributed by atoms with Crippen LogP contribution in [-0.4, -0.2) is 22.2 Å². The Bertz CT molecular complexity index is 1260. The zero-order valence-electron chi connectivity index (χ0n) is 21.6. The summed E-state index contributed by atoms with van der Waals surface area (Å²) in [7, 11) is 1.62. The second-order valence-electron chi connectivity index (χ2n) is 7.33. The molecule has 1 heterocycles. The molecule has 1 N–H and O–H groups in total. The van der Waals surface area contributed by atoms with Crippen LogP contribution in [0.3, 0.4) is 0 Å². The highest BCUT2D eigenvalue weighted by Crippen LogP contribution is 2.24. The number of nitrogens with zero attached hydrogens (tertiary/aromatic N) is 3. The molecule has 0 aromatic heterocycles. The molecule has 39 heavy (non-hydrogen) atoms. The fraction of sp³-hybridized carbons (Fsp3) is 0.250. The Balaban J connectivity index is 0. The van der Waals surface area contributed by atoms with Crippen molar-refractivity contribution in [3.05, 3.63) is 89.0 Å². The van der Waals surface area contributed by atoms with Gasteiger partial charge in [-0.15, -0.1) is 47.3 Å². The first-order valence-electron chi connectivity index (χ1n) is 11.1. The molecule has 204 valence electrons. The van der Waals surface area contributed by atoms with Crippen molar-refractivity contribution in [3.8, 4) is 35.5 Å². The second kappa shape index (κ2) is 21.9. The highest BCUT2D eigenvalue weighted by atomic mass is 79.9. The van der Waals surface area contributed by atoms with Gasteiger partial charge >= 0.3 is 4.61 Å². The van der Waals surface area contributed by atoms with Gasteiger partial charge in [0.15, 0.2) is 6.79 Å². The van der Waals surface area contributed by atoms with Crippen molar-refractivity contribution in [2.75, 3.05) is 13.9 Å². The number of hydrogen-bond donors (Lipinski definition) is 1. The Hall–Kier alpha value is -3.01. The molecule has 3 aromatic carbocycles. The number of ether oxygens (including phenoxy) is 3. The van der Waals surface area contributed by atoms with Gasteiger partial charge in [0, 0.05) is 5.56 Å². The van der Waals surface area contributed by atoms with Crippen molar-refractivity contribution in [1.29, 1.82) is 15.8 Å². The second-order valence-corrected chi connectivity index (χ2v) is 13.8. The van der Waals surface area contributed by atoms with E-state index in [4.69, 9.17) is 35.1 Å². The van der Waals surface area contributed by atoms with Crippen molar-refractivity contribution < 1.29 is 20.7 Å². The Morgan fingerprint density at radius 2 is 1.41 bits per heavy atom. The Morgan fingerprint density at radius 1 is 0.872 bits per heavy atom. The average molecular weight is 723 g/mol. The minimum absolute atomic E-state index is 0. The van der Waals surface area contributed by atoms with Gasteiger partial charge in [0.1, 0.15) is 17.2 Å².